The Hall–Kier alpha value is -0.550. The van der Waals surface area contributed by atoms with Crippen molar-refractivity contribution in [1.82, 2.24) is 0 Å². The van der Waals surface area contributed by atoms with E-state index in [0.29, 0.717) is 11.5 Å². The highest BCUT2D eigenvalue weighted by molar-refractivity contribution is 5.85. The third-order valence-corrected chi connectivity index (χ3v) is 1.40. The van der Waals surface area contributed by atoms with Crippen molar-refractivity contribution in [3.05, 3.63) is 23.7 Å². The van der Waals surface area contributed by atoms with Crippen LogP contribution in [0, 0.1) is 0 Å². The van der Waals surface area contributed by atoms with Crippen LogP contribution < -0.4 is 5.73 Å². The van der Waals surface area contributed by atoms with Crippen LogP contribution in [-0.4, -0.2) is 16.8 Å². The molecule has 0 bridgehead atoms. The first-order chi connectivity index (χ1) is 5.27. The van der Waals surface area contributed by atoms with E-state index in [4.69, 9.17) is 20.4 Å². The van der Waals surface area contributed by atoms with E-state index in [2.05, 4.69) is 0 Å². The first kappa shape index (κ1) is 11.4. The van der Waals surface area contributed by atoms with Gasteiger partial charge >= 0.3 is 0 Å². The molecule has 0 aliphatic heterocycles. The number of furan rings is 1. The quantitative estimate of drug-likeness (QED) is 0.640. The van der Waals surface area contributed by atoms with Crippen LogP contribution in [0.2, 0.25) is 0 Å². The van der Waals surface area contributed by atoms with Gasteiger partial charge in [0.2, 0.25) is 0 Å². The Morgan fingerprint density at radius 1 is 1.42 bits per heavy atom. The number of rotatable bonds is 3. The number of aliphatic hydroxyl groups is 2. The minimum Gasteiger partial charge on any atom is -0.462 e. The standard InChI is InChI=1S/C7H11NO3.ClH/c8-6(4-10)7-2-1-5(3-9)11-7;/h1-2,6,9-10H,3-4,8H2;1H/t6-;/m0./s1. The minimum absolute atomic E-state index is 0. The Balaban J connectivity index is 0.00000121. The summed E-state index contributed by atoms with van der Waals surface area (Å²) >= 11 is 0. The van der Waals surface area contributed by atoms with Crippen molar-refractivity contribution in [1.29, 1.82) is 0 Å². The number of hydrogen-bond donors (Lipinski definition) is 3. The predicted molar refractivity (Wildman–Crippen MR) is 45.9 cm³/mol. The Labute approximate surface area is 76.4 Å². The maximum atomic E-state index is 8.62. The minimum atomic E-state index is -0.490. The van der Waals surface area contributed by atoms with Crippen molar-refractivity contribution in [2.45, 2.75) is 12.6 Å². The molecule has 1 rings (SSSR count). The molecule has 5 heteroatoms. The first-order valence-corrected chi connectivity index (χ1v) is 3.34. The molecule has 4 nitrogen and oxygen atoms in total. The molecule has 0 spiro atoms. The molecule has 4 N–H and O–H groups in total. The summed E-state index contributed by atoms with van der Waals surface area (Å²) in [7, 11) is 0. The zero-order valence-electron chi connectivity index (χ0n) is 6.43. The molecular weight excluding hydrogens is 182 g/mol. The lowest BCUT2D eigenvalue weighted by atomic mass is 10.2. The van der Waals surface area contributed by atoms with Gasteiger partial charge in [-0.05, 0) is 12.1 Å². The second-order valence-corrected chi connectivity index (χ2v) is 2.25. The van der Waals surface area contributed by atoms with Crippen molar-refractivity contribution in [3.8, 4) is 0 Å². The maximum absolute atomic E-state index is 8.62. The molecule has 0 saturated carbocycles. The van der Waals surface area contributed by atoms with Crippen molar-refractivity contribution in [2.24, 2.45) is 5.73 Å². The second kappa shape index (κ2) is 5.16. The highest BCUT2D eigenvalue weighted by Gasteiger charge is 2.08. The molecule has 12 heavy (non-hydrogen) atoms. The fourth-order valence-electron chi connectivity index (χ4n) is 0.769. The average Bonchev–Trinajstić information content (AvgIpc) is 2.50. The Morgan fingerprint density at radius 2 is 2.08 bits per heavy atom. The van der Waals surface area contributed by atoms with Crippen LogP contribution in [0.3, 0.4) is 0 Å². The summed E-state index contributed by atoms with van der Waals surface area (Å²) in [5, 5.41) is 17.2. The first-order valence-electron chi connectivity index (χ1n) is 3.34. The zero-order chi connectivity index (χ0) is 8.27. The fraction of sp³-hybridized carbons (Fsp3) is 0.429. The Morgan fingerprint density at radius 3 is 2.50 bits per heavy atom. The van der Waals surface area contributed by atoms with Crippen LogP contribution >= 0.6 is 12.4 Å². The number of aliphatic hydroxyl groups excluding tert-OH is 2. The summed E-state index contributed by atoms with van der Waals surface area (Å²) in [6.45, 7) is -0.295. The summed E-state index contributed by atoms with van der Waals surface area (Å²) in [6.07, 6.45) is 0. The van der Waals surface area contributed by atoms with Crippen molar-refractivity contribution in [3.63, 3.8) is 0 Å². The monoisotopic (exact) mass is 193 g/mol. The molecule has 0 unspecified atom stereocenters. The maximum Gasteiger partial charge on any atom is 0.129 e. The Bertz CT molecular complexity index is 226. The molecule has 0 fully saturated rings. The van der Waals surface area contributed by atoms with E-state index in [0.717, 1.165) is 0 Å². The number of nitrogens with two attached hydrogens (primary N) is 1. The summed E-state index contributed by atoms with van der Waals surface area (Å²) in [5.74, 6) is 0.959. The summed E-state index contributed by atoms with van der Waals surface area (Å²) < 4.78 is 5.05. The van der Waals surface area contributed by atoms with Crippen molar-refractivity contribution < 1.29 is 14.6 Å². The third kappa shape index (κ3) is 2.49. The number of hydrogen-bond acceptors (Lipinski definition) is 4. The van der Waals surface area contributed by atoms with E-state index < -0.39 is 6.04 Å². The topological polar surface area (TPSA) is 79.6 Å². The molecule has 1 aromatic heterocycles. The molecule has 1 heterocycles. The van der Waals surface area contributed by atoms with Crippen molar-refractivity contribution >= 4 is 12.4 Å². The van der Waals surface area contributed by atoms with E-state index in [9.17, 15) is 0 Å². The van der Waals surface area contributed by atoms with Crippen LogP contribution in [0.5, 0.6) is 0 Å². The largest absolute Gasteiger partial charge is 0.462 e. The van der Waals surface area contributed by atoms with Gasteiger partial charge in [0.1, 0.15) is 18.1 Å². The van der Waals surface area contributed by atoms with E-state index in [-0.39, 0.29) is 25.6 Å². The molecule has 0 aliphatic rings. The predicted octanol–water partition coefficient (Wildman–Crippen LogP) is 0.186. The zero-order valence-corrected chi connectivity index (χ0v) is 7.25. The van der Waals surface area contributed by atoms with Gasteiger partial charge in [0.05, 0.1) is 12.6 Å². The highest BCUT2D eigenvalue weighted by Crippen LogP contribution is 2.13. The van der Waals surface area contributed by atoms with Gasteiger partial charge in [-0.3, -0.25) is 0 Å². The molecule has 0 radical (unpaired) electrons. The third-order valence-electron chi connectivity index (χ3n) is 1.40. The van der Waals surface area contributed by atoms with Gasteiger partial charge in [-0.2, -0.15) is 0 Å². The van der Waals surface area contributed by atoms with Gasteiger partial charge < -0.3 is 20.4 Å². The van der Waals surface area contributed by atoms with Gasteiger partial charge in [0.15, 0.2) is 0 Å². The lowest BCUT2D eigenvalue weighted by Crippen LogP contribution is -2.13. The lowest BCUT2D eigenvalue weighted by molar-refractivity contribution is 0.224. The second-order valence-electron chi connectivity index (χ2n) is 2.25. The summed E-state index contributed by atoms with van der Waals surface area (Å²) in [4.78, 5) is 0. The van der Waals surface area contributed by atoms with E-state index in [1.54, 1.807) is 12.1 Å². The van der Waals surface area contributed by atoms with Crippen LogP contribution in [-0.2, 0) is 6.61 Å². The highest BCUT2D eigenvalue weighted by atomic mass is 35.5. The van der Waals surface area contributed by atoms with Gasteiger partial charge in [0, 0.05) is 0 Å². The van der Waals surface area contributed by atoms with Gasteiger partial charge in [0.25, 0.3) is 0 Å². The molecule has 1 atom stereocenters. The van der Waals surface area contributed by atoms with E-state index in [1.165, 1.54) is 0 Å². The van der Waals surface area contributed by atoms with Gasteiger partial charge in [-0.15, -0.1) is 12.4 Å². The van der Waals surface area contributed by atoms with Crippen LogP contribution in [0.15, 0.2) is 16.5 Å². The molecule has 0 amide bonds. The van der Waals surface area contributed by atoms with Crippen LogP contribution in [0.4, 0.5) is 0 Å². The van der Waals surface area contributed by atoms with Crippen LogP contribution in [0.1, 0.15) is 17.6 Å². The van der Waals surface area contributed by atoms with E-state index in [1.807, 2.05) is 0 Å². The van der Waals surface area contributed by atoms with Gasteiger partial charge in [-0.1, -0.05) is 0 Å². The number of halogens is 1. The lowest BCUT2D eigenvalue weighted by Gasteiger charge is -2.02. The molecule has 70 valence electrons. The smallest absolute Gasteiger partial charge is 0.129 e. The van der Waals surface area contributed by atoms with Crippen LogP contribution in [0.25, 0.3) is 0 Å². The summed E-state index contributed by atoms with van der Waals surface area (Å²) in [5.41, 5.74) is 5.44. The average molecular weight is 194 g/mol. The SMILES string of the molecule is Cl.N[C@@H](CO)c1ccc(CO)o1. The molecule has 1 aromatic rings. The summed E-state index contributed by atoms with van der Waals surface area (Å²) in [6, 6.07) is 2.78. The molecule has 0 saturated heterocycles. The Kier molecular flexibility index (Phi) is 4.92. The normalized spacial score (nSPS) is 12.2. The van der Waals surface area contributed by atoms with Gasteiger partial charge in [-0.25, -0.2) is 0 Å². The molecular formula is C7H12ClNO3. The van der Waals surface area contributed by atoms with Crippen molar-refractivity contribution in [2.75, 3.05) is 6.61 Å². The molecule has 0 aromatic carbocycles. The van der Waals surface area contributed by atoms with E-state index >= 15 is 0 Å². The molecule has 0 aliphatic carbocycles. The fourth-order valence-corrected chi connectivity index (χ4v) is 0.769.